The minimum Gasteiger partial charge on any atom is -0.467 e. The van der Waals surface area contributed by atoms with Gasteiger partial charge in [-0.1, -0.05) is 17.7 Å². The summed E-state index contributed by atoms with van der Waals surface area (Å²) >= 11 is 0. The van der Waals surface area contributed by atoms with E-state index in [0.717, 1.165) is 42.9 Å². The van der Waals surface area contributed by atoms with Crippen molar-refractivity contribution in [1.29, 1.82) is 0 Å². The van der Waals surface area contributed by atoms with Crippen molar-refractivity contribution in [2.24, 2.45) is 5.92 Å². The van der Waals surface area contributed by atoms with Crippen LogP contribution in [0.1, 0.15) is 29.7 Å². The van der Waals surface area contributed by atoms with Gasteiger partial charge in [0.2, 0.25) is 11.8 Å². The number of nitrogens with zero attached hydrogens (tertiary/aromatic N) is 1. The van der Waals surface area contributed by atoms with Gasteiger partial charge in [0.15, 0.2) is 0 Å². The smallest absolute Gasteiger partial charge is 0.238 e. The van der Waals surface area contributed by atoms with Crippen molar-refractivity contribution < 1.29 is 14.0 Å². The number of hydrogen-bond donors (Lipinski definition) is 2. The van der Waals surface area contributed by atoms with E-state index >= 15 is 0 Å². The maximum atomic E-state index is 12.3. The van der Waals surface area contributed by atoms with Gasteiger partial charge in [-0.25, -0.2) is 0 Å². The van der Waals surface area contributed by atoms with E-state index < -0.39 is 0 Å². The van der Waals surface area contributed by atoms with E-state index in [4.69, 9.17) is 4.42 Å². The van der Waals surface area contributed by atoms with Crippen LogP contribution >= 0.6 is 0 Å². The Kier molecular flexibility index (Phi) is 6.29. The Hall–Kier alpha value is -2.60. The van der Waals surface area contributed by atoms with Gasteiger partial charge in [0.1, 0.15) is 5.76 Å². The Morgan fingerprint density at radius 1 is 1.19 bits per heavy atom. The van der Waals surface area contributed by atoms with Gasteiger partial charge < -0.3 is 15.1 Å². The van der Waals surface area contributed by atoms with Gasteiger partial charge in [-0.3, -0.25) is 14.5 Å². The summed E-state index contributed by atoms with van der Waals surface area (Å²) in [5, 5.41) is 5.91. The molecule has 6 heteroatoms. The molecule has 6 nitrogen and oxygen atoms in total. The fourth-order valence-corrected chi connectivity index (χ4v) is 3.43. The molecule has 2 aromatic rings. The van der Waals surface area contributed by atoms with Gasteiger partial charge >= 0.3 is 0 Å². The Bertz CT molecular complexity index is 778. The molecule has 1 aromatic carbocycles. The molecule has 3 rings (SSSR count). The predicted octanol–water partition coefficient (Wildman–Crippen LogP) is 2.86. The third kappa shape index (κ3) is 5.44. The quantitative estimate of drug-likeness (QED) is 0.821. The molecule has 2 N–H and O–H groups in total. The number of carbonyl (C=O) groups is 2. The first-order chi connectivity index (χ1) is 13.0. The van der Waals surface area contributed by atoms with E-state index in [9.17, 15) is 9.59 Å². The largest absolute Gasteiger partial charge is 0.467 e. The average molecular weight is 369 g/mol. The first-order valence-electron chi connectivity index (χ1n) is 9.41. The Morgan fingerprint density at radius 3 is 2.63 bits per heavy atom. The topological polar surface area (TPSA) is 74.6 Å². The Labute approximate surface area is 159 Å². The predicted molar refractivity (Wildman–Crippen MR) is 104 cm³/mol. The molecule has 2 heterocycles. The van der Waals surface area contributed by atoms with E-state index in [1.54, 1.807) is 6.26 Å². The molecule has 0 aliphatic carbocycles. The summed E-state index contributed by atoms with van der Waals surface area (Å²) in [6.07, 6.45) is 3.13. The molecule has 144 valence electrons. The number of furan rings is 1. The molecule has 27 heavy (non-hydrogen) atoms. The van der Waals surface area contributed by atoms with Crippen LogP contribution in [0.3, 0.4) is 0 Å². The summed E-state index contributed by atoms with van der Waals surface area (Å²) in [4.78, 5) is 26.7. The monoisotopic (exact) mass is 369 g/mol. The number of hydrogen-bond acceptors (Lipinski definition) is 4. The van der Waals surface area contributed by atoms with Crippen molar-refractivity contribution >= 4 is 17.5 Å². The number of likely N-dealkylation sites (tertiary alicyclic amines) is 1. The minimum absolute atomic E-state index is 0.00128. The maximum absolute atomic E-state index is 12.3. The molecular weight excluding hydrogens is 342 g/mol. The summed E-state index contributed by atoms with van der Waals surface area (Å²) < 4.78 is 5.23. The number of anilines is 1. The van der Waals surface area contributed by atoms with E-state index in [1.807, 2.05) is 38.1 Å². The van der Waals surface area contributed by atoms with Crippen molar-refractivity contribution in [2.75, 3.05) is 25.0 Å². The molecular formula is C21H27N3O3. The first kappa shape index (κ1) is 19.2. The van der Waals surface area contributed by atoms with Crippen LogP contribution in [-0.4, -0.2) is 36.3 Å². The molecule has 0 atom stereocenters. The summed E-state index contributed by atoms with van der Waals surface area (Å²) in [7, 11) is 0. The van der Waals surface area contributed by atoms with E-state index in [1.165, 1.54) is 5.56 Å². The van der Waals surface area contributed by atoms with Crippen molar-refractivity contribution in [3.63, 3.8) is 0 Å². The highest BCUT2D eigenvalue weighted by Gasteiger charge is 2.26. The zero-order valence-corrected chi connectivity index (χ0v) is 16.0. The SMILES string of the molecule is Cc1ccc(NC(=O)CN2CCC(C(=O)NCc3ccco3)CC2)c(C)c1. The van der Waals surface area contributed by atoms with E-state index in [0.29, 0.717) is 13.1 Å². The van der Waals surface area contributed by atoms with Crippen molar-refractivity contribution in [3.05, 3.63) is 53.5 Å². The van der Waals surface area contributed by atoms with Crippen molar-refractivity contribution in [1.82, 2.24) is 10.2 Å². The molecule has 2 amide bonds. The molecule has 0 unspecified atom stereocenters. The fraction of sp³-hybridized carbons (Fsp3) is 0.429. The zero-order chi connectivity index (χ0) is 19.2. The normalized spacial score (nSPS) is 15.5. The highest BCUT2D eigenvalue weighted by atomic mass is 16.3. The molecule has 1 saturated heterocycles. The number of benzene rings is 1. The Balaban J connectivity index is 1.40. The molecule has 0 radical (unpaired) electrons. The summed E-state index contributed by atoms with van der Waals surface area (Å²) in [5.41, 5.74) is 3.10. The minimum atomic E-state index is -0.0114. The summed E-state index contributed by atoms with van der Waals surface area (Å²) in [6, 6.07) is 9.65. The third-order valence-electron chi connectivity index (χ3n) is 5.00. The van der Waals surface area contributed by atoms with Crippen molar-refractivity contribution in [3.8, 4) is 0 Å². The lowest BCUT2D eigenvalue weighted by Crippen LogP contribution is -2.43. The third-order valence-corrected chi connectivity index (χ3v) is 5.00. The average Bonchev–Trinajstić information content (AvgIpc) is 3.16. The van der Waals surface area contributed by atoms with Crippen LogP contribution in [0.5, 0.6) is 0 Å². The van der Waals surface area contributed by atoms with Gasteiger partial charge in [-0.2, -0.15) is 0 Å². The number of amides is 2. The van der Waals surface area contributed by atoms with Crippen LogP contribution < -0.4 is 10.6 Å². The lowest BCUT2D eigenvalue weighted by atomic mass is 9.96. The lowest BCUT2D eigenvalue weighted by Gasteiger charge is -2.30. The fourth-order valence-electron chi connectivity index (χ4n) is 3.43. The second-order valence-corrected chi connectivity index (χ2v) is 7.21. The van der Waals surface area contributed by atoms with Gasteiger partial charge in [-0.15, -0.1) is 0 Å². The molecule has 1 aromatic heterocycles. The summed E-state index contributed by atoms with van der Waals surface area (Å²) in [5.74, 6) is 0.802. The molecule has 0 bridgehead atoms. The Morgan fingerprint density at radius 2 is 1.96 bits per heavy atom. The maximum Gasteiger partial charge on any atom is 0.238 e. The van der Waals surface area contributed by atoms with Gasteiger partial charge in [0.05, 0.1) is 19.4 Å². The number of rotatable bonds is 6. The van der Waals surface area contributed by atoms with Crippen LogP contribution in [0.4, 0.5) is 5.69 Å². The zero-order valence-electron chi connectivity index (χ0n) is 16.0. The second kappa shape index (κ2) is 8.86. The molecule has 1 fully saturated rings. The van der Waals surface area contributed by atoms with E-state index in [2.05, 4.69) is 21.6 Å². The van der Waals surface area contributed by atoms with Crippen LogP contribution in [0.2, 0.25) is 0 Å². The molecule has 1 aliphatic rings. The highest BCUT2D eigenvalue weighted by Crippen LogP contribution is 2.19. The van der Waals surface area contributed by atoms with Crippen LogP contribution in [0, 0.1) is 19.8 Å². The van der Waals surface area contributed by atoms with Gasteiger partial charge in [0, 0.05) is 11.6 Å². The highest BCUT2D eigenvalue weighted by molar-refractivity contribution is 5.93. The van der Waals surface area contributed by atoms with E-state index in [-0.39, 0.29) is 17.7 Å². The van der Waals surface area contributed by atoms with Gasteiger partial charge in [-0.05, 0) is 63.5 Å². The van der Waals surface area contributed by atoms with Crippen LogP contribution in [0.25, 0.3) is 0 Å². The number of aryl methyl sites for hydroxylation is 2. The second-order valence-electron chi connectivity index (χ2n) is 7.21. The number of piperidine rings is 1. The number of nitrogens with one attached hydrogen (secondary N) is 2. The molecule has 0 saturated carbocycles. The van der Waals surface area contributed by atoms with Crippen molar-refractivity contribution in [2.45, 2.75) is 33.2 Å². The standard InChI is InChI=1S/C21H27N3O3/c1-15-5-6-19(16(2)12-15)23-20(25)14-24-9-7-17(8-10-24)21(26)22-13-18-4-3-11-27-18/h3-6,11-12,17H,7-10,13-14H2,1-2H3,(H,22,26)(H,23,25). The molecule has 0 spiro atoms. The lowest BCUT2D eigenvalue weighted by molar-refractivity contribution is -0.126. The summed E-state index contributed by atoms with van der Waals surface area (Å²) in [6.45, 7) is 6.31. The first-order valence-corrected chi connectivity index (χ1v) is 9.41. The number of carbonyl (C=O) groups excluding carboxylic acids is 2. The van der Waals surface area contributed by atoms with Crippen LogP contribution in [0.15, 0.2) is 41.0 Å². The molecule has 1 aliphatic heterocycles. The van der Waals surface area contributed by atoms with Crippen LogP contribution in [-0.2, 0) is 16.1 Å². The van der Waals surface area contributed by atoms with Gasteiger partial charge in [0.25, 0.3) is 0 Å².